The molecule has 3 heterocycles. The Morgan fingerprint density at radius 1 is 1.15 bits per heavy atom. The lowest BCUT2D eigenvalue weighted by molar-refractivity contribution is 0.540. The van der Waals surface area contributed by atoms with Crippen LogP contribution in [0.15, 0.2) is 27.9 Å². The highest BCUT2D eigenvalue weighted by atomic mass is 32.2. The smallest absolute Gasteiger partial charge is 0.266 e. The molecule has 0 spiro atoms. The number of aromatic nitrogens is 6. The minimum atomic E-state index is -3.73. The molecule has 144 valence electrons. The standard InChI is InChI=1S/C16H21N7O3S/c1-10-9-11(2)23(20-10)14-5-6-15(24)22(21-14)8-7-17-27(25,26)16-12(3)18-19-13(16)4/h5-6,9,17H,7-8H2,1-4H3,(H,18,19). The monoisotopic (exact) mass is 391 g/mol. The molecule has 0 atom stereocenters. The fourth-order valence-corrected chi connectivity index (χ4v) is 4.25. The second-order valence-corrected chi connectivity index (χ2v) is 7.96. The van der Waals surface area contributed by atoms with E-state index in [1.165, 1.54) is 10.7 Å². The third-order valence-corrected chi connectivity index (χ3v) is 5.75. The topological polar surface area (TPSA) is 128 Å². The lowest BCUT2D eigenvalue weighted by Crippen LogP contribution is -2.32. The number of H-pyrrole nitrogens is 1. The van der Waals surface area contributed by atoms with Crippen LogP contribution in [-0.2, 0) is 16.6 Å². The zero-order valence-electron chi connectivity index (χ0n) is 15.5. The van der Waals surface area contributed by atoms with Gasteiger partial charge in [0.15, 0.2) is 5.82 Å². The number of hydrogen-bond donors (Lipinski definition) is 2. The van der Waals surface area contributed by atoms with Crippen LogP contribution in [0.2, 0.25) is 0 Å². The fourth-order valence-electron chi connectivity index (χ4n) is 2.87. The summed E-state index contributed by atoms with van der Waals surface area (Å²) in [5.74, 6) is 0.490. The summed E-state index contributed by atoms with van der Waals surface area (Å²) in [6, 6.07) is 4.87. The van der Waals surface area contributed by atoms with Crippen LogP contribution in [0.25, 0.3) is 5.82 Å². The van der Waals surface area contributed by atoms with E-state index >= 15 is 0 Å². The number of aromatic amines is 1. The molecule has 2 N–H and O–H groups in total. The number of nitrogens with zero attached hydrogens (tertiary/aromatic N) is 5. The van der Waals surface area contributed by atoms with Crippen LogP contribution < -0.4 is 10.3 Å². The van der Waals surface area contributed by atoms with Gasteiger partial charge >= 0.3 is 0 Å². The molecule has 0 unspecified atom stereocenters. The van der Waals surface area contributed by atoms with Gasteiger partial charge in [-0.2, -0.15) is 10.2 Å². The van der Waals surface area contributed by atoms with Crippen LogP contribution in [-0.4, -0.2) is 44.7 Å². The van der Waals surface area contributed by atoms with Gasteiger partial charge in [0.05, 0.1) is 23.6 Å². The predicted octanol–water partition coefficient (Wildman–Crippen LogP) is 0.364. The lowest BCUT2D eigenvalue weighted by atomic mass is 10.4. The zero-order valence-corrected chi connectivity index (χ0v) is 16.3. The minimum Gasteiger partial charge on any atom is -0.281 e. The van der Waals surface area contributed by atoms with Crippen molar-refractivity contribution in [3.63, 3.8) is 0 Å². The first kappa shape index (κ1) is 19.0. The molecule has 0 bridgehead atoms. The maximum atomic E-state index is 12.5. The summed E-state index contributed by atoms with van der Waals surface area (Å²) in [6.45, 7) is 7.11. The van der Waals surface area contributed by atoms with Crippen molar-refractivity contribution in [3.05, 3.63) is 51.3 Å². The molecular weight excluding hydrogens is 370 g/mol. The summed E-state index contributed by atoms with van der Waals surface area (Å²) in [7, 11) is -3.73. The van der Waals surface area contributed by atoms with Crippen molar-refractivity contribution in [2.24, 2.45) is 0 Å². The Bertz CT molecular complexity index is 1120. The Morgan fingerprint density at radius 3 is 2.48 bits per heavy atom. The summed E-state index contributed by atoms with van der Waals surface area (Å²) in [6.07, 6.45) is 0. The fraction of sp³-hybridized carbons (Fsp3) is 0.375. The van der Waals surface area contributed by atoms with Gasteiger partial charge in [-0.15, -0.1) is 5.10 Å². The van der Waals surface area contributed by atoms with E-state index in [1.54, 1.807) is 24.6 Å². The summed E-state index contributed by atoms with van der Waals surface area (Å²) in [5, 5.41) is 15.2. The quantitative estimate of drug-likeness (QED) is 0.625. The minimum absolute atomic E-state index is 0.0138. The first-order chi connectivity index (χ1) is 12.7. The van der Waals surface area contributed by atoms with Crippen LogP contribution in [0.1, 0.15) is 22.8 Å². The molecule has 3 aromatic rings. The lowest BCUT2D eigenvalue weighted by Gasteiger charge is -2.10. The van der Waals surface area contributed by atoms with Crippen LogP contribution >= 0.6 is 0 Å². The van der Waals surface area contributed by atoms with Gasteiger partial charge in [0, 0.05) is 18.3 Å². The average Bonchev–Trinajstić information content (AvgIpc) is 3.10. The number of sulfonamides is 1. The molecule has 0 fully saturated rings. The number of nitrogens with one attached hydrogen (secondary N) is 2. The Kier molecular flexibility index (Phi) is 4.98. The number of rotatable bonds is 6. The molecule has 0 saturated carbocycles. The van der Waals surface area contributed by atoms with Crippen molar-refractivity contribution < 1.29 is 8.42 Å². The van der Waals surface area contributed by atoms with Gasteiger partial charge in [0.25, 0.3) is 5.56 Å². The second kappa shape index (κ2) is 7.08. The van der Waals surface area contributed by atoms with E-state index < -0.39 is 10.0 Å². The van der Waals surface area contributed by atoms with E-state index in [4.69, 9.17) is 0 Å². The van der Waals surface area contributed by atoms with Gasteiger partial charge in [-0.05, 0) is 39.8 Å². The molecule has 0 aliphatic heterocycles. The van der Waals surface area contributed by atoms with Gasteiger partial charge < -0.3 is 0 Å². The summed E-state index contributed by atoms with van der Waals surface area (Å²) < 4.78 is 30.2. The van der Waals surface area contributed by atoms with Crippen LogP contribution in [0, 0.1) is 27.7 Å². The molecule has 11 heteroatoms. The highest BCUT2D eigenvalue weighted by Gasteiger charge is 2.21. The molecule has 3 rings (SSSR count). The first-order valence-corrected chi connectivity index (χ1v) is 9.80. The van der Waals surface area contributed by atoms with Crippen molar-refractivity contribution in [2.45, 2.75) is 39.1 Å². The Balaban J connectivity index is 1.78. The van der Waals surface area contributed by atoms with Gasteiger partial charge in [0.1, 0.15) is 4.90 Å². The van der Waals surface area contributed by atoms with E-state index in [1.807, 2.05) is 19.9 Å². The molecule has 0 radical (unpaired) electrons. The van der Waals surface area contributed by atoms with Gasteiger partial charge in [0.2, 0.25) is 10.0 Å². The van der Waals surface area contributed by atoms with Crippen LogP contribution in [0.4, 0.5) is 0 Å². The third kappa shape index (κ3) is 3.83. The molecule has 0 aliphatic carbocycles. The van der Waals surface area contributed by atoms with Crippen LogP contribution in [0.3, 0.4) is 0 Å². The van der Waals surface area contributed by atoms with E-state index in [2.05, 4.69) is 25.1 Å². The van der Waals surface area contributed by atoms with E-state index in [0.717, 1.165) is 11.4 Å². The van der Waals surface area contributed by atoms with Gasteiger partial charge in [-0.3, -0.25) is 9.89 Å². The number of hydrogen-bond acceptors (Lipinski definition) is 6. The molecular formula is C16H21N7O3S. The van der Waals surface area contributed by atoms with E-state index in [9.17, 15) is 13.2 Å². The van der Waals surface area contributed by atoms with Crippen molar-refractivity contribution in [1.82, 2.24) is 34.5 Å². The van der Waals surface area contributed by atoms with Crippen molar-refractivity contribution in [1.29, 1.82) is 0 Å². The third-order valence-electron chi connectivity index (χ3n) is 4.02. The highest BCUT2D eigenvalue weighted by Crippen LogP contribution is 2.15. The Morgan fingerprint density at radius 2 is 1.89 bits per heavy atom. The normalized spacial score (nSPS) is 11.9. The molecule has 27 heavy (non-hydrogen) atoms. The van der Waals surface area contributed by atoms with Gasteiger partial charge in [-0.1, -0.05) is 0 Å². The SMILES string of the molecule is Cc1cc(C)n(-c2ccc(=O)n(CCNS(=O)(=O)c3c(C)n[nH]c3C)n2)n1. The average molecular weight is 391 g/mol. The maximum absolute atomic E-state index is 12.5. The Hall–Kier alpha value is -2.79. The van der Waals surface area contributed by atoms with Crippen molar-refractivity contribution in [2.75, 3.05) is 6.54 Å². The van der Waals surface area contributed by atoms with Crippen molar-refractivity contribution >= 4 is 10.0 Å². The summed E-state index contributed by atoms with van der Waals surface area (Å²) in [5.41, 5.74) is 2.25. The molecule has 10 nitrogen and oxygen atoms in total. The second-order valence-electron chi connectivity index (χ2n) is 6.25. The van der Waals surface area contributed by atoms with Crippen LogP contribution in [0.5, 0.6) is 0 Å². The molecule has 0 saturated heterocycles. The van der Waals surface area contributed by atoms with Crippen molar-refractivity contribution in [3.8, 4) is 5.82 Å². The molecule has 3 aromatic heterocycles. The largest absolute Gasteiger partial charge is 0.281 e. The molecule has 0 amide bonds. The maximum Gasteiger partial charge on any atom is 0.266 e. The molecule has 0 aliphatic rings. The van der Waals surface area contributed by atoms with Gasteiger partial charge in [-0.25, -0.2) is 22.5 Å². The summed E-state index contributed by atoms with van der Waals surface area (Å²) >= 11 is 0. The predicted molar refractivity (Wildman–Crippen MR) is 98.3 cm³/mol. The first-order valence-electron chi connectivity index (χ1n) is 8.32. The highest BCUT2D eigenvalue weighted by molar-refractivity contribution is 7.89. The van der Waals surface area contributed by atoms with E-state index in [-0.39, 0.29) is 23.5 Å². The zero-order chi connectivity index (χ0) is 19.8. The summed E-state index contributed by atoms with van der Waals surface area (Å²) in [4.78, 5) is 12.2. The number of aryl methyl sites for hydroxylation is 4. The Labute approximate surface area is 156 Å². The van der Waals surface area contributed by atoms with E-state index in [0.29, 0.717) is 17.2 Å². The molecule has 0 aromatic carbocycles.